The number of hydrogen-bond acceptors (Lipinski definition) is 1. The van der Waals surface area contributed by atoms with E-state index in [1.165, 1.54) is 0 Å². The first-order valence-corrected chi connectivity index (χ1v) is 11.9. The van der Waals surface area contributed by atoms with Crippen LogP contribution >= 0.6 is 42.1 Å². The molecule has 0 aliphatic heterocycles. The second-order valence-electron chi connectivity index (χ2n) is 6.53. The van der Waals surface area contributed by atoms with E-state index in [0.29, 0.717) is 10.3 Å². The summed E-state index contributed by atoms with van der Waals surface area (Å²) in [5, 5.41) is 15.3. The predicted octanol–water partition coefficient (Wildman–Crippen LogP) is 5.97. The van der Waals surface area contributed by atoms with E-state index >= 15 is 0 Å². The molecule has 144 valence electrons. The number of aromatic hydroxyl groups is 1. The summed E-state index contributed by atoms with van der Waals surface area (Å²) in [5.74, 6) is -0.153. The first-order chi connectivity index (χ1) is 14.1. The lowest BCUT2D eigenvalue weighted by Gasteiger charge is -2.29. The van der Waals surface area contributed by atoms with Gasteiger partial charge in [0, 0.05) is 0 Å². The van der Waals surface area contributed by atoms with Gasteiger partial charge >= 0.3 is 0 Å². The highest BCUT2D eigenvalue weighted by molar-refractivity contribution is 8.01. The zero-order valence-corrected chi connectivity index (χ0v) is 18.4. The van der Waals surface area contributed by atoms with Crippen LogP contribution in [0.5, 0.6) is 5.75 Å². The monoisotopic (exact) mass is 457 g/mol. The highest BCUT2D eigenvalue weighted by Crippen LogP contribution is 2.58. The highest BCUT2D eigenvalue weighted by atomic mass is 35.5. The molecule has 4 aromatic carbocycles. The highest BCUT2D eigenvalue weighted by Gasteiger charge is 2.51. The Labute approximate surface area is 185 Å². The van der Waals surface area contributed by atoms with Gasteiger partial charge in [-0.3, -0.25) is 0 Å². The first-order valence-electron chi connectivity index (χ1n) is 8.99. The van der Waals surface area contributed by atoms with Crippen molar-refractivity contribution in [2.24, 2.45) is 0 Å². The van der Waals surface area contributed by atoms with Crippen LogP contribution in [-0.4, -0.2) is 5.11 Å². The fourth-order valence-corrected chi connectivity index (χ4v) is 9.50. The fraction of sp³-hybridized carbons (Fsp3) is 0. The summed E-state index contributed by atoms with van der Waals surface area (Å²) in [7, 11) is -2.51. The van der Waals surface area contributed by atoms with Gasteiger partial charge in [-0.25, -0.2) is 0 Å². The van der Waals surface area contributed by atoms with Crippen molar-refractivity contribution in [3.05, 3.63) is 112 Å². The van der Waals surface area contributed by atoms with E-state index < -0.39 is 7.26 Å². The van der Waals surface area contributed by atoms with Crippen molar-refractivity contribution in [1.82, 2.24) is 0 Å². The number of rotatable bonds is 4. The number of halogens is 3. The Morgan fingerprint density at radius 1 is 0.552 bits per heavy atom. The van der Waals surface area contributed by atoms with Gasteiger partial charge in [0.1, 0.15) is 28.2 Å². The van der Waals surface area contributed by atoms with Crippen LogP contribution in [0.3, 0.4) is 0 Å². The second kappa shape index (κ2) is 8.38. The normalized spacial score (nSPS) is 11.4. The minimum absolute atomic E-state index is 0.135. The molecule has 1 N–H and O–H groups in total. The third kappa shape index (κ3) is 3.43. The maximum atomic E-state index is 10.6. The van der Waals surface area contributed by atoms with Crippen molar-refractivity contribution in [2.45, 2.75) is 0 Å². The molecule has 0 heterocycles. The Kier molecular flexibility index (Phi) is 5.86. The third-order valence-corrected chi connectivity index (χ3v) is 10.5. The summed E-state index contributed by atoms with van der Waals surface area (Å²) >= 11 is 19.7. The Morgan fingerprint density at radius 3 is 1.31 bits per heavy atom. The van der Waals surface area contributed by atoms with Crippen LogP contribution in [0.1, 0.15) is 0 Å². The first kappa shape index (κ1) is 20.3. The standard InChI is InChI=1S/C24H16Cl3OP/c25-20-16-21(26)24(22(27)23(20)28)29(17-10-4-1-5-11-17,18-12-6-2-7-13-18)19-14-8-3-9-15-19/h1-16H/p+1. The van der Waals surface area contributed by atoms with Gasteiger partial charge < -0.3 is 5.11 Å². The lowest BCUT2D eigenvalue weighted by Crippen LogP contribution is -2.39. The molecule has 0 aromatic heterocycles. The van der Waals surface area contributed by atoms with Crippen molar-refractivity contribution in [1.29, 1.82) is 0 Å². The average molecular weight is 459 g/mol. The third-order valence-electron chi connectivity index (χ3n) is 4.89. The van der Waals surface area contributed by atoms with E-state index in [0.717, 1.165) is 15.9 Å². The molecule has 0 saturated heterocycles. The number of phenols is 1. The van der Waals surface area contributed by atoms with Crippen LogP contribution in [-0.2, 0) is 0 Å². The second-order valence-corrected chi connectivity index (χ2v) is 11.1. The van der Waals surface area contributed by atoms with E-state index in [2.05, 4.69) is 36.4 Å². The zero-order valence-electron chi connectivity index (χ0n) is 15.3. The molecule has 0 aliphatic carbocycles. The molecule has 0 spiro atoms. The summed E-state index contributed by atoms with van der Waals surface area (Å²) in [6.07, 6.45) is 0. The van der Waals surface area contributed by atoms with E-state index in [4.69, 9.17) is 34.8 Å². The molecule has 4 rings (SSSR count). The lowest BCUT2D eigenvalue weighted by atomic mass is 10.3. The number of benzene rings is 4. The van der Waals surface area contributed by atoms with Crippen LogP contribution in [0.4, 0.5) is 0 Å². The molecule has 0 radical (unpaired) electrons. The van der Waals surface area contributed by atoms with Gasteiger partial charge in [0.25, 0.3) is 0 Å². The maximum Gasteiger partial charge on any atom is 0.157 e. The van der Waals surface area contributed by atoms with Crippen LogP contribution < -0.4 is 21.2 Å². The quantitative estimate of drug-likeness (QED) is 0.373. The molecule has 0 amide bonds. The van der Waals surface area contributed by atoms with Gasteiger partial charge in [0.05, 0.1) is 10.0 Å². The van der Waals surface area contributed by atoms with E-state index in [1.807, 2.05) is 54.6 Å². The molecule has 0 aliphatic rings. The zero-order chi connectivity index (χ0) is 20.4. The molecule has 5 heteroatoms. The van der Waals surface area contributed by atoms with Gasteiger partial charge in [-0.15, -0.1) is 0 Å². The van der Waals surface area contributed by atoms with Gasteiger partial charge in [0.15, 0.2) is 11.1 Å². The molecule has 1 nitrogen and oxygen atoms in total. The molecule has 29 heavy (non-hydrogen) atoms. The predicted molar refractivity (Wildman–Crippen MR) is 128 cm³/mol. The van der Waals surface area contributed by atoms with Crippen LogP contribution in [0.15, 0.2) is 97.1 Å². The summed E-state index contributed by atoms with van der Waals surface area (Å²) in [5.41, 5.74) is 0. The molecular formula is C24H17Cl3OP+. The Morgan fingerprint density at radius 2 is 0.931 bits per heavy atom. The Bertz CT molecular complexity index is 1040. The summed E-state index contributed by atoms with van der Waals surface area (Å²) in [6.45, 7) is 0. The summed E-state index contributed by atoms with van der Waals surface area (Å²) < 4.78 is 0. The minimum Gasteiger partial charge on any atom is -0.505 e. The Balaban J connectivity index is 2.24. The van der Waals surface area contributed by atoms with Crippen LogP contribution in [0.25, 0.3) is 0 Å². The topological polar surface area (TPSA) is 20.2 Å². The van der Waals surface area contributed by atoms with Crippen molar-refractivity contribution in [3.8, 4) is 5.75 Å². The molecular weight excluding hydrogens is 442 g/mol. The van der Waals surface area contributed by atoms with E-state index in [-0.39, 0.29) is 15.8 Å². The van der Waals surface area contributed by atoms with Gasteiger partial charge in [-0.1, -0.05) is 89.4 Å². The molecule has 4 aromatic rings. The minimum atomic E-state index is -2.51. The molecule has 0 saturated carbocycles. The van der Waals surface area contributed by atoms with Crippen molar-refractivity contribution in [3.63, 3.8) is 0 Å². The number of hydrogen-bond donors (Lipinski definition) is 1. The van der Waals surface area contributed by atoms with Gasteiger partial charge in [-0.05, 0) is 42.5 Å². The van der Waals surface area contributed by atoms with Crippen molar-refractivity contribution >= 4 is 63.3 Å². The lowest BCUT2D eigenvalue weighted by molar-refractivity contribution is 0.476. The molecule has 0 fully saturated rings. The fourth-order valence-electron chi connectivity index (χ4n) is 3.67. The van der Waals surface area contributed by atoms with E-state index in [1.54, 1.807) is 6.07 Å². The molecule has 0 unspecified atom stereocenters. The van der Waals surface area contributed by atoms with Crippen molar-refractivity contribution < 1.29 is 5.11 Å². The molecule has 0 bridgehead atoms. The van der Waals surface area contributed by atoms with Crippen molar-refractivity contribution in [2.75, 3.05) is 0 Å². The SMILES string of the molecule is Oc1c(Cl)cc(Cl)c([P+](c2ccccc2)(c2ccccc2)c2ccccc2)c1Cl. The maximum absolute atomic E-state index is 10.6. The summed E-state index contributed by atoms with van der Waals surface area (Å²) in [4.78, 5) is 0. The van der Waals surface area contributed by atoms with Gasteiger partial charge in [-0.2, -0.15) is 0 Å². The average Bonchev–Trinajstić information content (AvgIpc) is 2.77. The Hall–Kier alpha value is -2.02. The largest absolute Gasteiger partial charge is 0.505 e. The smallest absolute Gasteiger partial charge is 0.157 e. The van der Waals surface area contributed by atoms with Crippen LogP contribution in [0.2, 0.25) is 15.1 Å². The van der Waals surface area contributed by atoms with E-state index in [9.17, 15) is 5.11 Å². The summed E-state index contributed by atoms with van der Waals surface area (Å²) in [6, 6.07) is 32.1. The van der Waals surface area contributed by atoms with Crippen LogP contribution in [0, 0.1) is 0 Å². The number of phenolic OH excluding ortho intramolecular Hbond substituents is 1. The molecule has 0 atom stereocenters. The van der Waals surface area contributed by atoms with Gasteiger partial charge in [0.2, 0.25) is 0 Å².